The first kappa shape index (κ1) is 16.1. The molecule has 0 saturated heterocycles. The molecule has 1 aliphatic rings. The summed E-state index contributed by atoms with van der Waals surface area (Å²) in [4.78, 5) is 15.2. The van der Waals surface area contributed by atoms with E-state index in [0.29, 0.717) is 15.6 Å². The van der Waals surface area contributed by atoms with Crippen LogP contribution < -0.4 is 0 Å². The van der Waals surface area contributed by atoms with Gasteiger partial charge in [-0.15, -0.1) is 24.2 Å². The Hall–Kier alpha value is 0.0700. The molecule has 0 aliphatic carbocycles. The number of hydrogen-bond acceptors (Lipinski definition) is 3. The summed E-state index contributed by atoms with van der Waals surface area (Å²) in [7, 11) is 3.94. The molecule has 0 amide bonds. The van der Waals surface area contributed by atoms with Crippen molar-refractivity contribution in [2.75, 3.05) is 26.4 Å². The average Bonchev–Trinajstić information content (AvgIpc) is 2.20. The third-order valence-electron chi connectivity index (χ3n) is 2.66. The van der Waals surface area contributed by atoms with Crippen LogP contribution in [0.25, 0.3) is 0 Å². The minimum absolute atomic E-state index is 0. The maximum atomic E-state index is 12.3. The van der Waals surface area contributed by atoms with Gasteiger partial charge in [0.15, 0.2) is 5.78 Å². The van der Waals surface area contributed by atoms with Gasteiger partial charge in [0.05, 0.1) is 10.6 Å². The first-order valence-electron chi connectivity index (χ1n) is 5.30. The van der Waals surface area contributed by atoms with Crippen LogP contribution >= 0.6 is 47.4 Å². The van der Waals surface area contributed by atoms with Crippen LogP contribution in [0.5, 0.6) is 0 Å². The minimum atomic E-state index is 0. The number of ketones is 1. The number of benzene rings is 1. The monoisotopic (exact) mass is 325 g/mol. The van der Waals surface area contributed by atoms with E-state index in [1.54, 1.807) is 17.8 Å². The average molecular weight is 327 g/mol. The predicted molar refractivity (Wildman–Crippen MR) is 80.8 cm³/mol. The van der Waals surface area contributed by atoms with Crippen molar-refractivity contribution >= 4 is 53.2 Å². The van der Waals surface area contributed by atoms with Crippen molar-refractivity contribution in [3.8, 4) is 0 Å². The van der Waals surface area contributed by atoms with Gasteiger partial charge >= 0.3 is 0 Å². The number of carbonyl (C=O) groups is 1. The van der Waals surface area contributed by atoms with Gasteiger partial charge in [-0.25, -0.2) is 0 Å². The fraction of sp³-hybridized carbons (Fsp3) is 0.417. The van der Waals surface area contributed by atoms with Crippen LogP contribution in [0.15, 0.2) is 17.0 Å². The number of nitrogens with zero attached hydrogens (tertiary/aromatic N) is 1. The van der Waals surface area contributed by atoms with E-state index in [4.69, 9.17) is 23.2 Å². The third kappa shape index (κ3) is 3.34. The Labute approximate surface area is 127 Å². The zero-order chi connectivity index (χ0) is 12.6. The molecule has 6 heteroatoms. The van der Waals surface area contributed by atoms with Gasteiger partial charge in [0, 0.05) is 28.1 Å². The number of halogens is 3. The molecule has 1 aliphatic heterocycles. The van der Waals surface area contributed by atoms with Crippen LogP contribution in [0.2, 0.25) is 10.0 Å². The van der Waals surface area contributed by atoms with E-state index in [1.165, 1.54) is 0 Å². The lowest BCUT2D eigenvalue weighted by molar-refractivity contribution is 0.0907. The van der Waals surface area contributed by atoms with E-state index in [-0.39, 0.29) is 24.1 Å². The highest BCUT2D eigenvalue weighted by molar-refractivity contribution is 7.99. The molecule has 2 rings (SSSR count). The summed E-state index contributed by atoms with van der Waals surface area (Å²) in [6.07, 6.45) is 0. The second-order valence-electron chi connectivity index (χ2n) is 4.40. The van der Waals surface area contributed by atoms with Gasteiger partial charge in [-0.3, -0.25) is 4.79 Å². The lowest BCUT2D eigenvalue weighted by Crippen LogP contribution is -2.32. The molecular formula is C12H14Cl3NOS. The topological polar surface area (TPSA) is 20.3 Å². The van der Waals surface area contributed by atoms with Gasteiger partial charge in [0.1, 0.15) is 0 Å². The van der Waals surface area contributed by atoms with Crippen molar-refractivity contribution in [3.05, 3.63) is 27.7 Å². The van der Waals surface area contributed by atoms with E-state index in [0.717, 1.165) is 17.2 Å². The molecule has 1 atom stereocenters. The Bertz CT molecular complexity index is 465. The molecule has 0 N–H and O–H groups in total. The Kier molecular flexibility index (Phi) is 5.81. The highest BCUT2D eigenvalue weighted by Crippen LogP contribution is 2.38. The zero-order valence-corrected chi connectivity index (χ0v) is 13.2. The van der Waals surface area contributed by atoms with Crippen LogP contribution in [0, 0.1) is 5.92 Å². The number of hydrogen-bond donors (Lipinski definition) is 0. The summed E-state index contributed by atoms with van der Waals surface area (Å²) in [5, 5.41) is 1.05. The number of thioether (sulfide) groups is 1. The van der Waals surface area contributed by atoms with E-state index in [2.05, 4.69) is 0 Å². The van der Waals surface area contributed by atoms with Gasteiger partial charge in [0.25, 0.3) is 0 Å². The fourth-order valence-corrected chi connectivity index (χ4v) is 3.86. The highest BCUT2D eigenvalue weighted by Gasteiger charge is 2.30. The summed E-state index contributed by atoms with van der Waals surface area (Å²) in [5.41, 5.74) is 0.638. The number of rotatable bonds is 2. The Morgan fingerprint density at radius 3 is 2.67 bits per heavy atom. The molecule has 2 nitrogen and oxygen atoms in total. The lowest BCUT2D eigenvalue weighted by Gasteiger charge is -2.26. The second kappa shape index (κ2) is 6.49. The molecule has 0 radical (unpaired) electrons. The van der Waals surface area contributed by atoms with Crippen LogP contribution in [-0.4, -0.2) is 37.1 Å². The maximum absolute atomic E-state index is 12.3. The summed E-state index contributed by atoms with van der Waals surface area (Å²) in [6, 6.07) is 3.45. The summed E-state index contributed by atoms with van der Waals surface area (Å²) in [6.45, 7) is 0.754. The Morgan fingerprint density at radius 1 is 1.39 bits per heavy atom. The van der Waals surface area contributed by atoms with E-state index in [1.807, 2.05) is 25.1 Å². The van der Waals surface area contributed by atoms with E-state index in [9.17, 15) is 4.79 Å². The lowest BCUT2D eigenvalue weighted by atomic mass is 9.98. The number of Topliss-reactive ketones (excluding diaryl/α,β-unsaturated/α-hetero) is 1. The quantitative estimate of drug-likeness (QED) is 0.822. The summed E-state index contributed by atoms with van der Waals surface area (Å²) < 4.78 is 0. The molecule has 1 heterocycles. The van der Waals surface area contributed by atoms with Crippen molar-refractivity contribution < 1.29 is 4.79 Å². The summed E-state index contributed by atoms with van der Waals surface area (Å²) >= 11 is 13.7. The maximum Gasteiger partial charge on any atom is 0.170 e. The van der Waals surface area contributed by atoms with Crippen molar-refractivity contribution in [1.29, 1.82) is 0 Å². The molecule has 0 spiro atoms. The van der Waals surface area contributed by atoms with Gasteiger partial charge < -0.3 is 4.90 Å². The van der Waals surface area contributed by atoms with Crippen molar-refractivity contribution in [3.63, 3.8) is 0 Å². The standard InChI is InChI=1S/C12H13Cl2NOS.ClH/c1-15(2)5-7-6-17-10-4-8(13)3-9(14)11(10)12(7)16;/h3-4,7H,5-6H2,1-2H3;1H. The zero-order valence-electron chi connectivity index (χ0n) is 10.1. The first-order valence-corrected chi connectivity index (χ1v) is 7.04. The van der Waals surface area contributed by atoms with Crippen molar-refractivity contribution in [2.45, 2.75) is 4.90 Å². The Morgan fingerprint density at radius 2 is 2.06 bits per heavy atom. The Balaban J connectivity index is 0.00000162. The first-order chi connectivity index (χ1) is 7.99. The molecule has 100 valence electrons. The molecule has 1 aromatic rings. The van der Waals surface area contributed by atoms with Gasteiger partial charge in [-0.1, -0.05) is 23.2 Å². The van der Waals surface area contributed by atoms with Gasteiger partial charge in [-0.2, -0.15) is 0 Å². The number of carbonyl (C=O) groups excluding carboxylic acids is 1. The van der Waals surface area contributed by atoms with Crippen LogP contribution in [0.3, 0.4) is 0 Å². The SMILES string of the molecule is CN(C)CC1CSc2cc(Cl)cc(Cl)c2C1=O.Cl. The largest absolute Gasteiger partial charge is 0.309 e. The normalized spacial score (nSPS) is 18.5. The van der Waals surface area contributed by atoms with Crippen molar-refractivity contribution in [1.82, 2.24) is 4.90 Å². The molecule has 0 saturated carbocycles. The third-order valence-corrected chi connectivity index (χ3v) is 4.38. The van der Waals surface area contributed by atoms with E-state index < -0.39 is 0 Å². The van der Waals surface area contributed by atoms with E-state index >= 15 is 0 Å². The predicted octanol–water partition coefficient (Wildman–Crippen LogP) is 3.88. The van der Waals surface area contributed by atoms with Crippen LogP contribution in [-0.2, 0) is 0 Å². The second-order valence-corrected chi connectivity index (χ2v) is 6.30. The molecule has 0 bridgehead atoms. The molecule has 1 aromatic carbocycles. The highest BCUT2D eigenvalue weighted by atomic mass is 35.5. The fourth-order valence-electron chi connectivity index (χ4n) is 1.95. The van der Waals surface area contributed by atoms with Crippen LogP contribution in [0.4, 0.5) is 0 Å². The minimum Gasteiger partial charge on any atom is -0.309 e. The summed E-state index contributed by atoms with van der Waals surface area (Å²) in [5.74, 6) is 0.941. The van der Waals surface area contributed by atoms with Gasteiger partial charge in [-0.05, 0) is 26.2 Å². The number of fused-ring (bicyclic) bond motifs is 1. The van der Waals surface area contributed by atoms with Crippen LogP contribution in [0.1, 0.15) is 10.4 Å². The molecule has 0 aromatic heterocycles. The molecule has 1 unspecified atom stereocenters. The molecule has 0 fully saturated rings. The van der Waals surface area contributed by atoms with Crippen molar-refractivity contribution in [2.24, 2.45) is 5.92 Å². The van der Waals surface area contributed by atoms with Gasteiger partial charge in [0.2, 0.25) is 0 Å². The molecular weight excluding hydrogens is 313 g/mol. The molecule has 18 heavy (non-hydrogen) atoms. The smallest absolute Gasteiger partial charge is 0.170 e.